The van der Waals surface area contributed by atoms with Gasteiger partial charge in [-0.15, -0.1) is 0 Å². The first-order chi connectivity index (χ1) is 6.33. The van der Waals surface area contributed by atoms with Crippen LogP contribution in [-0.2, 0) is 4.79 Å². The SMILES string of the molecule is CCNC(=O)COc1ccccc1. The van der Waals surface area contributed by atoms with Gasteiger partial charge in [0, 0.05) is 6.54 Å². The first kappa shape index (κ1) is 9.58. The van der Waals surface area contributed by atoms with Gasteiger partial charge in [0.25, 0.3) is 5.91 Å². The quantitative estimate of drug-likeness (QED) is 0.754. The van der Waals surface area contributed by atoms with Crippen molar-refractivity contribution in [3.05, 3.63) is 30.3 Å². The van der Waals surface area contributed by atoms with E-state index in [1.54, 1.807) is 0 Å². The van der Waals surface area contributed by atoms with E-state index in [1.807, 2.05) is 37.3 Å². The van der Waals surface area contributed by atoms with Crippen molar-refractivity contribution >= 4 is 5.91 Å². The van der Waals surface area contributed by atoms with Gasteiger partial charge >= 0.3 is 0 Å². The Morgan fingerprint density at radius 3 is 2.69 bits per heavy atom. The predicted octanol–water partition coefficient (Wildman–Crippen LogP) is 1.20. The summed E-state index contributed by atoms with van der Waals surface area (Å²) in [6.45, 7) is 2.59. The fourth-order valence-corrected chi connectivity index (χ4v) is 0.914. The Hall–Kier alpha value is -1.51. The van der Waals surface area contributed by atoms with E-state index in [0.29, 0.717) is 12.3 Å². The lowest BCUT2D eigenvalue weighted by Gasteiger charge is -2.04. The lowest BCUT2D eigenvalue weighted by Crippen LogP contribution is -2.28. The Morgan fingerprint density at radius 2 is 2.08 bits per heavy atom. The van der Waals surface area contributed by atoms with Crippen molar-refractivity contribution in [3.63, 3.8) is 0 Å². The molecule has 0 aromatic heterocycles. The summed E-state index contributed by atoms with van der Waals surface area (Å²) in [7, 11) is 0. The summed E-state index contributed by atoms with van der Waals surface area (Å²) < 4.78 is 5.21. The number of likely N-dealkylation sites (N-methyl/N-ethyl adjacent to an activating group) is 1. The minimum Gasteiger partial charge on any atom is -0.484 e. The third-order valence-electron chi connectivity index (χ3n) is 1.49. The second kappa shape index (κ2) is 5.19. The second-order valence-corrected chi connectivity index (χ2v) is 2.56. The molecule has 1 rings (SSSR count). The zero-order valence-electron chi connectivity index (χ0n) is 7.62. The fourth-order valence-electron chi connectivity index (χ4n) is 0.914. The van der Waals surface area contributed by atoms with Crippen molar-refractivity contribution in [2.24, 2.45) is 0 Å². The molecule has 0 saturated heterocycles. The molecule has 0 heterocycles. The predicted molar refractivity (Wildman–Crippen MR) is 50.6 cm³/mol. The lowest BCUT2D eigenvalue weighted by atomic mass is 10.3. The van der Waals surface area contributed by atoms with Gasteiger partial charge in [0.05, 0.1) is 0 Å². The van der Waals surface area contributed by atoms with Crippen LogP contribution in [0.3, 0.4) is 0 Å². The number of carbonyl (C=O) groups excluding carboxylic acids is 1. The molecule has 3 heteroatoms. The molecule has 0 aliphatic rings. The van der Waals surface area contributed by atoms with Crippen molar-refractivity contribution in [2.45, 2.75) is 6.92 Å². The first-order valence-electron chi connectivity index (χ1n) is 4.27. The number of ether oxygens (including phenoxy) is 1. The minimum atomic E-state index is -0.0913. The van der Waals surface area contributed by atoms with Crippen LogP contribution in [0, 0.1) is 0 Å². The van der Waals surface area contributed by atoms with Crippen LogP contribution in [0.25, 0.3) is 0 Å². The molecule has 3 nitrogen and oxygen atoms in total. The number of carbonyl (C=O) groups is 1. The number of amides is 1. The van der Waals surface area contributed by atoms with Gasteiger partial charge < -0.3 is 10.1 Å². The summed E-state index contributed by atoms with van der Waals surface area (Å²) in [6.07, 6.45) is 0. The van der Waals surface area contributed by atoms with E-state index in [1.165, 1.54) is 0 Å². The van der Waals surface area contributed by atoms with E-state index in [-0.39, 0.29) is 12.5 Å². The molecule has 1 amide bonds. The van der Waals surface area contributed by atoms with Crippen LogP contribution in [0.4, 0.5) is 0 Å². The number of hydrogen-bond donors (Lipinski definition) is 1. The second-order valence-electron chi connectivity index (χ2n) is 2.56. The number of rotatable bonds is 4. The summed E-state index contributed by atoms with van der Waals surface area (Å²) in [5.74, 6) is 0.625. The standard InChI is InChI=1S/C10H13NO2/c1-2-11-10(12)8-13-9-6-4-3-5-7-9/h3-7H,2,8H2,1H3,(H,11,12). The topological polar surface area (TPSA) is 38.3 Å². The van der Waals surface area contributed by atoms with Gasteiger partial charge in [0.15, 0.2) is 6.61 Å². The van der Waals surface area contributed by atoms with Crippen LogP contribution >= 0.6 is 0 Å². The molecular weight excluding hydrogens is 166 g/mol. The average Bonchev–Trinajstić information content (AvgIpc) is 2.17. The van der Waals surface area contributed by atoms with Crippen LogP contribution < -0.4 is 10.1 Å². The molecule has 0 saturated carbocycles. The molecule has 0 aliphatic heterocycles. The highest BCUT2D eigenvalue weighted by molar-refractivity contribution is 5.77. The Kier molecular flexibility index (Phi) is 3.82. The molecule has 0 unspecified atom stereocenters. The van der Waals surface area contributed by atoms with Crippen LogP contribution in [0.1, 0.15) is 6.92 Å². The Morgan fingerprint density at radius 1 is 1.38 bits per heavy atom. The summed E-state index contributed by atoms with van der Waals surface area (Å²) in [5.41, 5.74) is 0. The minimum absolute atomic E-state index is 0.0812. The van der Waals surface area contributed by atoms with Gasteiger partial charge in [-0.05, 0) is 19.1 Å². The first-order valence-corrected chi connectivity index (χ1v) is 4.27. The number of hydrogen-bond acceptors (Lipinski definition) is 2. The van der Waals surface area contributed by atoms with Gasteiger partial charge in [0.2, 0.25) is 0 Å². The molecule has 0 atom stereocenters. The highest BCUT2D eigenvalue weighted by Crippen LogP contribution is 2.07. The highest BCUT2D eigenvalue weighted by atomic mass is 16.5. The zero-order valence-corrected chi connectivity index (χ0v) is 7.62. The van der Waals surface area contributed by atoms with Gasteiger partial charge in [0.1, 0.15) is 5.75 Å². The highest BCUT2D eigenvalue weighted by Gasteiger charge is 1.99. The van der Waals surface area contributed by atoms with Crippen molar-refractivity contribution < 1.29 is 9.53 Å². The molecule has 1 aromatic rings. The van der Waals surface area contributed by atoms with E-state index in [9.17, 15) is 4.79 Å². The largest absolute Gasteiger partial charge is 0.484 e. The van der Waals surface area contributed by atoms with Crippen molar-refractivity contribution in [3.8, 4) is 5.75 Å². The van der Waals surface area contributed by atoms with Gasteiger partial charge in [-0.3, -0.25) is 4.79 Å². The van der Waals surface area contributed by atoms with E-state index < -0.39 is 0 Å². The third-order valence-corrected chi connectivity index (χ3v) is 1.49. The van der Waals surface area contributed by atoms with Crippen molar-refractivity contribution in [1.29, 1.82) is 0 Å². The molecule has 0 fully saturated rings. The molecule has 0 spiro atoms. The maximum Gasteiger partial charge on any atom is 0.257 e. The van der Waals surface area contributed by atoms with E-state index in [2.05, 4.69) is 5.32 Å². The Balaban J connectivity index is 2.31. The Bertz CT molecular complexity index is 259. The van der Waals surface area contributed by atoms with E-state index in [4.69, 9.17) is 4.74 Å². The number of benzene rings is 1. The number of nitrogens with one attached hydrogen (secondary N) is 1. The van der Waals surface area contributed by atoms with E-state index >= 15 is 0 Å². The van der Waals surface area contributed by atoms with Crippen LogP contribution in [0.2, 0.25) is 0 Å². The molecular formula is C10H13NO2. The van der Waals surface area contributed by atoms with Crippen molar-refractivity contribution in [1.82, 2.24) is 5.32 Å². The smallest absolute Gasteiger partial charge is 0.257 e. The summed E-state index contributed by atoms with van der Waals surface area (Å²) >= 11 is 0. The van der Waals surface area contributed by atoms with Crippen molar-refractivity contribution in [2.75, 3.05) is 13.2 Å². The summed E-state index contributed by atoms with van der Waals surface area (Å²) in [5, 5.41) is 2.65. The molecule has 0 bridgehead atoms. The van der Waals surface area contributed by atoms with Crippen LogP contribution in [0.15, 0.2) is 30.3 Å². The molecule has 13 heavy (non-hydrogen) atoms. The molecule has 0 aliphatic carbocycles. The maximum absolute atomic E-state index is 11.0. The van der Waals surface area contributed by atoms with Crippen LogP contribution in [-0.4, -0.2) is 19.1 Å². The summed E-state index contributed by atoms with van der Waals surface area (Å²) in [6, 6.07) is 9.28. The van der Waals surface area contributed by atoms with Gasteiger partial charge in [-0.2, -0.15) is 0 Å². The maximum atomic E-state index is 11.0. The lowest BCUT2D eigenvalue weighted by molar-refractivity contribution is -0.122. The fraction of sp³-hybridized carbons (Fsp3) is 0.300. The van der Waals surface area contributed by atoms with Gasteiger partial charge in [-0.1, -0.05) is 18.2 Å². The molecule has 0 radical (unpaired) electrons. The molecule has 70 valence electrons. The average molecular weight is 179 g/mol. The van der Waals surface area contributed by atoms with Gasteiger partial charge in [-0.25, -0.2) is 0 Å². The molecule has 1 N–H and O–H groups in total. The third kappa shape index (κ3) is 3.60. The molecule has 1 aromatic carbocycles. The zero-order chi connectivity index (χ0) is 9.52. The Labute approximate surface area is 77.7 Å². The van der Waals surface area contributed by atoms with Crippen LogP contribution in [0.5, 0.6) is 5.75 Å². The van der Waals surface area contributed by atoms with E-state index in [0.717, 1.165) is 0 Å². The summed E-state index contributed by atoms with van der Waals surface area (Å²) in [4.78, 5) is 11.0. The monoisotopic (exact) mass is 179 g/mol. The number of para-hydroxylation sites is 1. The normalized spacial score (nSPS) is 9.31.